The SMILES string of the molecule is CCc1ccc(C(=O)N2CCC(C(=O)Nc3ccc4c(c3)OCO4)CC2)cc1. The molecule has 0 radical (unpaired) electrons. The lowest BCUT2D eigenvalue weighted by molar-refractivity contribution is -0.121. The van der Waals surface area contributed by atoms with Gasteiger partial charge in [0.05, 0.1) is 0 Å². The van der Waals surface area contributed by atoms with E-state index in [1.165, 1.54) is 5.56 Å². The molecule has 0 aromatic heterocycles. The van der Waals surface area contributed by atoms with Gasteiger partial charge in [0.25, 0.3) is 5.91 Å². The number of nitrogens with zero attached hydrogens (tertiary/aromatic N) is 1. The van der Waals surface area contributed by atoms with Crippen LogP contribution in [0.15, 0.2) is 42.5 Å². The summed E-state index contributed by atoms with van der Waals surface area (Å²) in [6, 6.07) is 13.2. The molecule has 1 fully saturated rings. The summed E-state index contributed by atoms with van der Waals surface area (Å²) in [5, 5.41) is 2.95. The number of carbonyl (C=O) groups excluding carboxylic acids is 2. The molecule has 4 rings (SSSR count). The highest BCUT2D eigenvalue weighted by Crippen LogP contribution is 2.34. The van der Waals surface area contributed by atoms with Gasteiger partial charge in [-0.2, -0.15) is 0 Å². The van der Waals surface area contributed by atoms with Crippen LogP contribution in [0.5, 0.6) is 11.5 Å². The Labute approximate surface area is 164 Å². The Hall–Kier alpha value is -3.02. The Kier molecular flexibility index (Phi) is 5.19. The quantitative estimate of drug-likeness (QED) is 0.882. The lowest BCUT2D eigenvalue weighted by Crippen LogP contribution is -2.41. The van der Waals surface area contributed by atoms with E-state index in [4.69, 9.17) is 9.47 Å². The van der Waals surface area contributed by atoms with E-state index in [0.717, 1.165) is 6.42 Å². The van der Waals surface area contributed by atoms with Crippen molar-refractivity contribution in [3.05, 3.63) is 53.6 Å². The zero-order valence-electron chi connectivity index (χ0n) is 15.9. The lowest BCUT2D eigenvalue weighted by atomic mass is 9.95. The smallest absolute Gasteiger partial charge is 0.253 e. The fraction of sp³-hybridized carbons (Fsp3) is 0.364. The number of rotatable bonds is 4. The highest BCUT2D eigenvalue weighted by molar-refractivity contribution is 5.95. The van der Waals surface area contributed by atoms with Crippen LogP contribution in [0.2, 0.25) is 0 Å². The van der Waals surface area contributed by atoms with Crippen LogP contribution in [0.1, 0.15) is 35.7 Å². The first-order valence-corrected chi connectivity index (χ1v) is 9.73. The molecule has 0 atom stereocenters. The van der Waals surface area contributed by atoms with E-state index in [0.29, 0.717) is 48.7 Å². The molecule has 0 bridgehead atoms. The molecule has 2 aliphatic rings. The predicted molar refractivity (Wildman–Crippen MR) is 106 cm³/mol. The van der Waals surface area contributed by atoms with Gasteiger partial charge in [-0.05, 0) is 49.1 Å². The van der Waals surface area contributed by atoms with Gasteiger partial charge in [0, 0.05) is 36.3 Å². The molecule has 0 spiro atoms. The monoisotopic (exact) mass is 380 g/mol. The second-order valence-electron chi connectivity index (χ2n) is 7.17. The van der Waals surface area contributed by atoms with Crippen molar-refractivity contribution in [1.82, 2.24) is 4.90 Å². The van der Waals surface area contributed by atoms with Crippen LogP contribution < -0.4 is 14.8 Å². The van der Waals surface area contributed by atoms with E-state index in [-0.39, 0.29) is 24.5 Å². The second kappa shape index (κ2) is 7.92. The van der Waals surface area contributed by atoms with Crippen molar-refractivity contribution in [2.24, 2.45) is 5.92 Å². The Bertz CT molecular complexity index is 871. The molecule has 1 N–H and O–H groups in total. The number of hydrogen-bond donors (Lipinski definition) is 1. The molecule has 2 heterocycles. The van der Waals surface area contributed by atoms with E-state index in [2.05, 4.69) is 12.2 Å². The van der Waals surface area contributed by atoms with Gasteiger partial charge < -0.3 is 19.7 Å². The maximum atomic E-state index is 12.7. The zero-order valence-corrected chi connectivity index (χ0v) is 15.9. The molecule has 2 amide bonds. The number of aryl methyl sites for hydroxylation is 1. The number of benzene rings is 2. The highest BCUT2D eigenvalue weighted by atomic mass is 16.7. The van der Waals surface area contributed by atoms with E-state index in [1.807, 2.05) is 35.2 Å². The molecular formula is C22H24N2O4. The van der Waals surface area contributed by atoms with Crippen LogP contribution in [-0.2, 0) is 11.2 Å². The summed E-state index contributed by atoms with van der Waals surface area (Å²) >= 11 is 0. The number of amides is 2. The summed E-state index contributed by atoms with van der Waals surface area (Å²) < 4.78 is 10.6. The van der Waals surface area contributed by atoms with Gasteiger partial charge in [-0.1, -0.05) is 19.1 Å². The second-order valence-corrected chi connectivity index (χ2v) is 7.17. The Balaban J connectivity index is 1.31. The molecule has 0 aliphatic carbocycles. The summed E-state index contributed by atoms with van der Waals surface area (Å²) in [7, 11) is 0. The van der Waals surface area contributed by atoms with Gasteiger partial charge in [0.15, 0.2) is 11.5 Å². The topological polar surface area (TPSA) is 67.9 Å². The predicted octanol–water partition coefficient (Wildman–Crippen LogP) is 3.47. The van der Waals surface area contributed by atoms with E-state index in [1.54, 1.807) is 12.1 Å². The summed E-state index contributed by atoms with van der Waals surface area (Å²) in [5.74, 6) is 1.26. The van der Waals surface area contributed by atoms with Crippen molar-refractivity contribution in [1.29, 1.82) is 0 Å². The number of fused-ring (bicyclic) bond motifs is 1. The molecule has 6 heteroatoms. The van der Waals surface area contributed by atoms with Crippen LogP contribution in [-0.4, -0.2) is 36.6 Å². The number of carbonyl (C=O) groups is 2. The van der Waals surface area contributed by atoms with Gasteiger partial charge >= 0.3 is 0 Å². The van der Waals surface area contributed by atoms with Crippen molar-refractivity contribution < 1.29 is 19.1 Å². The molecule has 28 heavy (non-hydrogen) atoms. The lowest BCUT2D eigenvalue weighted by Gasteiger charge is -2.31. The molecule has 1 saturated heterocycles. The number of hydrogen-bond acceptors (Lipinski definition) is 4. The Morgan fingerprint density at radius 3 is 2.46 bits per heavy atom. The first-order valence-electron chi connectivity index (χ1n) is 9.73. The molecule has 0 unspecified atom stereocenters. The fourth-order valence-corrected chi connectivity index (χ4v) is 3.63. The number of piperidine rings is 1. The van der Waals surface area contributed by atoms with Gasteiger partial charge in [-0.3, -0.25) is 9.59 Å². The third kappa shape index (κ3) is 3.81. The standard InChI is InChI=1S/C22H24N2O4/c1-2-15-3-5-17(6-4-15)22(26)24-11-9-16(10-12-24)21(25)23-18-7-8-19-20(13-18)28-14-27-19/h3-8,13,16H,2,9-12,14H2,1H3,(H,23,25). The van der Waals surface area contributed by atoms with Gasteiger partial charge in [-0.25, -0.2) is 0 Å². The number of anilines is 1. The van der Waals surface area contributed by atoms with Crippen molar-refractivity contribution >= 4 is 17.5 Å². The van der Waals surface area contributed by atoms with Crippen LogP contribution in [0.3, 0.4) is 0 Å². The van der Waals surface area contributed by atoms with E-state index >= 15 is 0 Å². The van der Waals surface area contributed by atoms with Crippen LogP contribution in [0.4, 0.5) is 5.69 Å². The van der Waals surface area contributed by atoms with Gasteiger partial charge in [-0.15, -0.1) is 0 Å². The first-order chi connectivity index (χ1) is 13.6. The molecule has 2 aromatic rings. The number of likely N-dealkylation sites (tertiary alicyclic amines) is 1. The van der Waals surface area contributed by atoms with Crippen molar-refractivity contribution in [3.63, 3.8) is 0 Å². The van der Waals surface area contributed by atoms with Gasteiger partial charge in [0.1, 0.15) is 0 Å². The highest BCUT2D eigenvalue weighted by Gasteiger charge is 2.28. The zero-order chi connectivity index (χ0) is 19.5. The van der Waals surface area contributed by atoms with Crippen LogP contribution >= 0.6 is 0 Å². The minimum Gasteiger partial charge on any atom is -0.454 e. The summed E-state index contributed by atoms with van der Waals surface area (Å²) in [6.45, 7) is 3.48. The van der Waals surface area contributed by atoms with E-state index in [9.17, 15) is 9.59 Å². The first kappa shape index (κ1) is 18.3. The average molecular weight is 380 g/mol. The molecule has 146 valence electrons. The summed E-state index contributed by atoms with van der Waals surface area (Å²) in [6.07, 6.45) is 2.28. The summed E-state index contributed by atoms with van der Waals surface area (Å²) in [5.41, 5.74) is 2.62. The molecule has 2 aromatic carbocycles. The minimum absolute atomic E-state index is 0.0155. The Morgan fingerprint density at radius 2 is 1.75 bits per heavy atom. The normalized spacial score (nSPS) is 16.1. The molecule has 6 nitrogen and oxygen atoms in total. The minimum atomic E-state index is -0.100. The molecule has 2 aliphatic heterocycles. The van der Waals surface area contributed by atoms with Crippen LogP contribution in [0, 0.1) is 5.92 Å². The van der Waals surface area contributed by atoms with E-state index < -0.39 is 0 Å². The Morgan fingerprint density at radius 1 is 1.04 bits per heavy atom. The van der Waals surface area contributed by atoms with Crippen LogP contribution in [0.25, 0.3) is 0 Å². The summed E-state index contributed by atoms with van der Waals surface area (Å²) in [4.78, 5) is 27.1. The van der Waals surface area contributed by atoms with Crippen molar-refractivity contribution in [2.45, 2.75) is 26.2 Å². The maximum Gasteiger partial charge on any atom is 0.253 e. The largest absolute Gasteiger partial charge is 0.454 e. The third-order valence-corrected chi connectivity index (χ3v) is 5.40. The fourth-order valence-electron chi connectivity index (χ4n) is 3.63. The number of nitrogens with one attached hydrogen (secondary N) is 1. The van der Waals surface area contributed by atoms with Gasteiger partial charge in [0.2, 0.25) is 12.7 Å². The third-order valence-electron chi connectivity index (χ3n) is 5.40. The van der Waals surface area contributed by atoms with Crippen molar-refractivity contribution in [2.75, 3.05) is 25.2 Å². The molecule has 0 saturated carbocycles. The number of ether oxygens (including phenoxy) is 2. The average Bonchev–Trinajstić information content (AvgIpc) is 3.21. The van der Waals surface area contributed by atoms with Crippen molar-refractivity contribution in [3.8, 4) is 11.5 Å². The molecular weight excluding hydrogens is 356 g/mol. The maximum absolute atomic E-state index is 12.7.